The summed E-state index contributed by atoms with van der Waals surface area (Å²) < 4.78 is 0. The van der Waals surface area contributed by atoms with Gasteiger partial charge in [-0.15, -0.1) is 0 Å². The Balaban J connectivity index is 1.89. The zero-order chi connectivity index (χ0) is 13.0. The van der Waals surface area contributed by atoms with Crippen LogP contribution in [0.5, 0.6) is 0 Å². The van der Waals surface area contributed by atoms with Crippen LogP contribution in [0.15, 0.2) is 18.2 Å². The minimum absolute atomic E-state index is 0.230. The molecule has 100 valence electrons. The third-order valence-electron chi connectivity index (χ3n) is 3.72. The molecule has 2 rings (SSSR count). The number of likely N-dealkylation sites (tertiary alicyclic amines) is 1. The fourth-order valence-electron chi connectivity index (χ4n) is 2.62. The van der Waals surface area contributed by atoms with Gasteiger partial charge in [-0.05, 0) is 31.4 Å². The van der Waals surface area contributed by atoms with E-state index in [0.717, 1.165) is 19.6 Å². The fraction of sp³-hybridized carbons (Fsp3) is 0.600. The standard InChI is InChI=1S/C15H24N2O/c1-12-3-4-13(2)14(9-12)10-17-7-5-15(11-17)16-6-8-18/h3-4,9,15-16,18H,5-8,10-11H2,1-2H3. The van der Waals surface area contributed by atoms with Gasteiger partial charge in [-0.3, -0.25) is 4.90 Å². The lowest BCUT2D eigenvalue weighted by atomic mass is 10.1. The van der Waals surface area contributed by atoms with Gasteiger partial charge in [0.1, 0.15) is 0 Å². The number of nitrogens with zero attached hydrogens (tertiary/aromatic N) is 1. The van der Waals surface area contributed by atoms with Gasteiger partial charge in [0.2, 0.25) is 0 Å². The van der Waals surface area contributed by atoms with Crippen LogP contribution in [0.2, 0.25) is 0 Å². The van der Waals surface area contributed by atoms with E-state index in [1.165, 1.54) is 23.1 Å². The molecule has 3 heteroatoms. The Bertz CT molecular complexity index is 392. The van der Waals surface area contributed by atoms with E-state index in [4.69, 9.17) is 5.11 Å². The smallest absolute Gasteiger partial charge is 0.0556 e. The van der Waals surface area contributed by atoms with Crippen molar-refractivity contribution in [3.8, 4) is 0 Å². The number of benzene rings is 1. The van der Waals surface area contributed by atoms with Gasteiger partial charge in [0, 0.05) is 32.2 Å². The first-order valence-electron chi connectivity index (χ1n) is 6.82. The lowest BCUT2D eigenvalue weighted by Crippen LogP contribution is -2.34. The van der Waals surface area contributed by atoms with Crippen molar-refractivity contribution >= 4 is 0 Å². The Kier molecular flexibility index (Phi) is 4.75. The van der Waals surface area contributed by atoms with Gasteiger partial charge in [0.25, 0.3) is 0 Å². The van der Waals surface area contributed by atoms with Gasteiger partial charge >= 0.3 is 0 Å². The third kappa shape index (κ3) is 3.55. The lowest BCUT2D eigenvalue weighted by Gasteiger charge is -2.18. The first-order chi connectivity index (χ1) is 8.69. The normalized spacial score (nSPS) is 20.5. The monoisotopic (exact) mass is 248 g/mol. The highest BCUT2D eigenvalue weighted by Crippen LogP contribution is 2.17. The predicted molar refractivity (Wildman–Crippen MR) is 74.7 cm³/mol. The maximum absolute atomic E-state index is 8.82. The number of hydrogen-bond donors (Lipinski definition) is 2. The van der Waals surface area contributed by atoms with Crippen LogP contribution in [0.3, 0.4) is 0 Å². The molecule has 1 fully saturated rings. The van der Waals surface area contributed by atoms with Gasteiger partial charge in [-0.25, -0.2) is 0 Å². The molecule has 1 aliphatic rings. The lowest BCUT2D eigenvalue weighted by molar-refractivity contribution is 0.278. The van der Waals surface area contributed by atoms with Gasteiger partial charge in [0.15, 0.2) is 0 Å². The Morgan fingerprint density at radius 2 is 2.22 bits per heavy atom. The molecule has 0 spiro atoms. The molecule has 1 aromatic rings. The second-order valence-electron chi connectivity index (χ2n) is 5.33. The topological polar surface area (TPSA) is 35.5 Å². The highest BCUT2D eigenvalue weighted by atomic mass is 16.3. The van der Waals surface area contributed by atoms with Crippen LogP contribution in [0, 0.1) is 13.8 Å². The number of hydrogen-bond acceptors (Lipinski definition) is 3. The van der Waals surface area contributed by atoms with E-state index in [1.807, 2.05) is 0 Å². The van der Waals surface area contributed by atoms with Crippen LogP contribution < -0.4 is 5.32 Å². The van der Waals surface area contributed by atoms with Crippen LogP contribution in [0.1, 0.15) is 23.1 Å². The van der Waals surface area contributed by atoms with E-state index in [-0.39, 0.29) is 6.61 Å². The molecule has 0 saturated carbocycles. The van der Waals surface area contributed by atoms with E-state index in [1.54, 1.807) is 0 Å². The largest absolute Gasteiger partial charge is 0.395 e. The molecule has 1 heterocycles. The third-order valence-corrected chi connectivity index (χ3v) is 3.72. The van der Waals surface area contributed by atoms with Crippen molar-refractivity contribution in [3.05, 3.63) is 34.9 Å². The quantitative estimate of drug-likeness (QED) is 0.828. The average molecular weight is 248 g/mol. The van der Waals surface area contributed by atoms with Crippen molar-refractivity contribution in [1.29, 1.82) is 0 Å². The summed E-state index contributed by atoms with van der Waals surface area (Å²) in [6.07, 6.45) is 1.19. The molecular formula is C15H24N2O. The van der Waals surface area contributed by atoms with Crippen molar-refractivity contribution in [3.63, 3.8) is 0 Å². The molecular weight excluding hydrogens is 224 g/mol. The van der Waals surface area contributed by atoms with Crippen LogP contribution in [-0.2, 0) is 6.54 Å². The summed E-state index contributed by atoms with van der Waals surface area (Å²) in [5.74, 6) is 0. The van der Waals surface area contributed by atoms with Crippen molar-refractivity contribution in [2.45, 2.75) is 32.9 Å². The molecule has 3 nitrogen and oxygen atoms in total. The molecule has 1 unspecified atom stereocenters. The first-order valence-corrected chi connectivity index (χ1v) is 6.82. The summed E-state index contributed by atoms with van der Waals surface area (Å²) >= 11 is 0. The van der Waals surface area contributed by atoms with Crippen molar-refractivity contribution < 1.29 is 5.11 Å². The maximum atomic E-state index is 8.82. The highest BCUT2D eigenvalue weighted by Gasteiger charge is 2.21. The molecule has 1 aromatic carbocycles. The Labute approximate surface area is 110 Å². The summed E-state index contributed by atoms with van der Waals surface area (Å²) in [5, 5.41) is 12.2. The van der Waals surface area contributed by atoms with Crippen molar-refractivity contribution in [2.24, 2.45) is 0 Å². The SMILES string of the molecule is Cc1ccc(C)c(CN2CCC(NCCO)C2)c1. The highest BCUT2D eigenvalue weighted by molar-refractivity contribution is 5.30. The summed E-state index contributed by atoms with van der Waals surface area (Å²) in [6, 6.07) is 7.22. The molecule has 0 radical (unpaired) electrons. The second kappa shape index (κ2) is 6.32. The van der Waals surface area contributed by atoms with Gasteiger partial charge < -0.3 is 10.4 Å². The molecule has 18 heavy (non-hydrogen) atoms. The van der Waals surface area contributed by atoms with Crippen LogP contribution >= 0.6 is 0 Å². The minimum Gasteiger partial charge on any atom is -0.395 e. The summed E-state index contributed by atoms with van der Waals surface area (Å²) in [6.45, 7) is 8.56. The second-order valence-corrected chi connectivity index (χ2v) is 5.33. The van der Waals surface area contributed by atoms with Crippen LogP contribution in [-0.4, -0.2) is 42.3 Å². The van der Waals surface area contributed by atoms with Gasteiger partial charge in [-0.2, -0.15) is 0 Å². The fourth-order valence-corrected chi connectivity index (χ4v) is 2.62. The van der Waals surface area contributed by atoms with E-state index in [2.05, 4.69) is 42.3 Å². The molecule has 0 bridgehead atoms. The summed E-state index contributed by atoms with van der Waals surface area (Å²) in [7, 11) is 0. The average Bonchev–Trinajstić information content (AvgIpc) is 2.79. The molecule has 1 atom stereocenters. The molecule has 1 saturated heterocycles. The number of rotatable bonds is 5. The zero-order valence-corrected chi connectivity index (χ0v) is 11.4. The molecule has 0 aliphatic carbocycles. The molecule has 0 aromatic heterocycles. The van der Waals surface area contributed by atoms with E-state index >= 15 is 0 Å². The maximum Gasteiger partial charge on any atom is 0.0556 e. The molecule has 1 aliphatic heterocycles. The van der Waals surface area contributed by atoms with E-state index in [0.29, 0.717) is 12.6 Å². The molecule has 2 N–H and O–H groups in total. The summed E-state index contributed by atoms with van der Waals surface area (Å²) in [4.78, 5) is 2.50. The number of aliphatic hydroxyl groups excluding tert-OH is 1. The number of aliphatic hydroxyl groups is 1. The molecule has 0 amide bonds. The minimum atomic E-state index is 0.230. The zero-order valence-electron chi connectivity index (χ0n) is 11.4. The van der Waals surface area contributed by atoms with Crippen LogP contribution in [0.4, 0.5) is 0 Å². The van der Waals surface area contributed by atoms with Gasteiger partial charge in [0.05, 0.1) is 6.61 Å². The first kappa shape index (κ1) is 13.5. The van der Waals surface area contributed by atoms with Crippen molar-refractivity contribution in [1.82, 2.24) is 10.2 Å². The van der Waals surface area contributed by atoms with Crippen molar-refractivity contribution in [2.75, 3.05) is 26.2 Å². The van der Waals surface area contributed by atoms with Gasteiger partial charge in [-0.1, -0.05) is 23.8 Å². The predicted octanol–water partition coefficient (Wildman–Crippen LogP) is 1.46. The Hall–Kier alpha value is -0.900. The van der Waals surface area contributed by atoms with E-state index < -0.39 is 0 Å². The summed E-state index contributed by atoms with van der Waals surface area (Å²) in [5.41, 5.74) is 4.16. The number of aryl methyl sites for hydroxylation is 2. The number of nitrogens with one attached hydrogen (secondary N) is 1. The van der Waals surface area contributed by atoms with E-state index in [9.17, 15) is 0 Å². The Morgan fingerprint density at radius 1 is 1.39 bits per heavy atom. The van der Waals surface area contributed by atoms with Crippen LogP contribution in [0.25, 0.3) is 0 Å². The Morgan fingerprint density at radius 3 is 3.00 bits per heavy atom.